The smallest absolute Gasteiger partial charge is 0.130 e. The molecular weight excluding hydrogens is 264 g/mol. The van der Waals surface area contributed by atoms with Gasteiger partial charge in [0, 0.05) is 13.0 Å². The van der Waals surface area contributed by atoms with E-state index >= 15 is 0 Å². The van der Waals surface area contributed by atoms with E-state index < -0.39 is 6.10 Å². The molecule has 0 aromatic heterocycles. The Labute approximate surface area is 128 Å². The van der Waals surface area contributed by atoms with Crippen LogP contribution in [0.25, 0.3) is 0 Å². The summed E-state index contributed by atoms with van der Waals surface area (Å²) in [6.45, 7) is 11.4. The minimum atomic E-state index is -0.398. The molecule has 3 unspecified atom stereocenters. The van der Waals surface area contributed by atoms with E-state index in [1.165, 1.54) is 11.1 Å². The summed E-state index contributed by atoms with van der Waals surface area (Å²) >= 11 is 0. The van der Waals surface area contributed by atoms with E-state index in [0.29, 0.717) is 13.0 Å². The molecule has 2 rings (SSSR count). The molecule has 0 bridgehead atoms. The lowest BCUT2D eigenvalue weighted by Crippen LogP contribution is -2.55. The molecule has 3 atom stereocenters. The van der Waals surface area contributed by atoms with Crippen molar-refractivity contribution < 1.29 is 14.6 Å². The van der Waals surface area contributed by atoms with Crippen molar-refractivity contribution in [1.82, 2.24) is 0 Å². The molecule has 1 aromatic carbocycles. The molecule has 0 aliphatic heterocycles. The van der Waals surface area contributed by atoms with Gasteiger partial charge in [-0.25, -0.2) is 0 Å². The van der Waals surface area contributed by atoms with Crippen LogP contribution in [0.15, 0.2) is 18.2 Å². The highest BCUT2D eigenvalue weighted by Crippen LogP contribution is 2.36. The first-order valence-corrected chi connectivity index (χ1v) is 7.90. The minimum absolute atomic E-state index is 0.0312. The van der Waals surface area contributed by atoms with Crippen molar-refractivity contribution >= 4 is 0 Å². The number of benzene rings is 1. The van der Waals surface area contributed by atoms with Crippen LogP contribution in [-0.2, 0) is 10.2 Å². The highest BCUT2D eigenvalue weighted by Gasteiger charge is 2.43. The molecule has 0 spiro atoms. The average Bonchev–Trinajstić information content (AvgIpc) is 2.39. The van der Waals surface area contributed by atoms with Crippen molar-refractivity contribution in [3.05, 3.63) is 29.3 Å². The summed E-state index contributed by atoms with van der Waals surface area (Å²) in [5.41, 5.74) is 2.47. The van der Waals surface area contributed by atoms with Gasteiger partial charge in [0.05, 0.1) is 6.10 Å². The number of ether oxygens (including phenoxy) is 2. The Morgan fingerprint density at radius 1 is 1.29 bits per heavy atom. The van der Waals surface area contributed by atoms with Crippen LogP contribution in [-0.4, -0.2) is 30.0 Å². The maximum absolute atomic E-state index is 9.85. The van der Waals surface area contributed by atoms with E-state index in [1.807, 2.05) is 6.07 Å². The van der Waals surface area contributed by atoms with Crippen LogP contribution in [0, 0.1) is 6.92 Å². The fourth-order valence-electron chi connectivity index (χ4n) is 2.64. The van der Waals surface area contributed by atoms with E-state index in [0.717, 1.165) is 12.2 Å². The molecule has 1 aliphatic rings. The van der Waals surface area contributed by atoms with Crippen LogP contribution in [0.3, 0.4) is 0 Å². The van der Waals surface area contributed by atoms with Crippen LogP contribution >= 0.6 is 0 Å². The van der Waals surface area contributed by atoms with E-state index in [1.54, 1.807) is 0 Å². The molecule has 3 heteroatoms. The number of aryl methyl sites for hydroxylation is 1. The first kappa shape index (κ1) is 16.3. The average molecular weight is 292 g/mol. The topological polar surface area (TPSA) is 38.7 Å². The van der Waals surface area contributed by atoms with Crippen LogP contribution in [0.5, 0.6) is 5.75 Å². The fourth-order valence-corrected chi connectivity index (χ4v) is 2.64. The predicted molar refractivity (Wildman–Crippen MR) is 84.9 cm³/mol. The second kappa shape index (κ2) is 6.37. The van der Waals surface area contributed by atoms with E-state index in [9.17, 15) is 5.11 Å². The highest BCUT2D eigenvalue weighted by atomic mass is 16.6. The van der Waals surface area contributed by atoms with Gasteiger partial charge < -0.3 is 14.6 Å². The summed E-state index contributed by atoms with van der Waals surface area (Å²) in [5.74, 6) is 0.912. The van der Waals surface area contributed by atoms with Gasteiger partial charge in [0.15, 0.2) is 0 Å². The molecule has 0 amide bonds. The van der Waals surface area contributed by atoms with Gasteiger partial charge in [-0.05, 0) is 30.4 Å². The first-order valence-electron chi connectivity index (χ1n) is 7.90. The summed E-state index contributed by atoms with van der Waals surface area (Å²) in [7, 11) is 0. The Morgan fingerprint density at radius 3 is 2.57 bits per heavy atom. The molecule has 0 heterocycles. The van der Waals surface area contributed by atoms with E-state index in [2.05, 4.69) is 46.8 Å². The lowest BCUT2D eigenvalue weighted by atomic mass is 9.84. The van der Waals surface area contributed by atoms with Gasteiger partial charge in [-0.3, -0.25) is 0 Å². The summed E-state index contributed by atoms with van der Waals surface area (Å²) < 4.78 is 11.9. The number of aliphatic hydroxyl groups excluding tert-OH is 1. The van der Waals surface area contributed by atoms with Gasteiger partial charge in [0.2, 0.25) is 0 Å². The van der Waals surface area contributed by atoms with Gasteiger partial charge in [0.25, 0.3) is 0 Å². The summed E-state index contributed by atoms with van der Waals surface area (Å²) in [4.78, 5) is 0. The van der Waals surface area contributed by atoms with Crippen LogP contribution in [0.2, 0.25) is 0 Å². The van der Waals surface area contributed by atoms with Crippen molar-refractivity contribution in [1.29, 1.82) is 0 Å². The van der Waals surface area contributed by atoms with Gasteiger partial charge in [-0.1, -0.05) is 45.4 Å². The zero-order valence-corrected chi connectivity index (χ0v) is 13.8. The first-order chi connectivity index (χ1) is 9.82. The zero-order chi connectivity index (χ0) is 15.6. The van der Waals surface area contributed by atoms with Crippen molar-refractivity contribution in [2.24, 2.45) is 0 Å². The standard InChI is InChI=1S/C18H28O3/c1-6-9-20-17-14(19)11-16(17)21-15-8-7-12(2)10-13(15)18(3,4)5/h7-8,10,14,16-17,19H,6,9,11H2,1-5H3. The van der Waals surface area contributed by atoms with Crippen molar-refractivity contribution in [2.45, 2.75) is 71.2 Å². The molecule has 1 fully saturated rings. The Morgan fingerprint density at radius 2 is 2.00 bits per heavy atom. The van der Waals surface area contributed by atoms with Crippen LogP contribution in [0.1, 0.15) is 51.7 Å². The van der Waals surface area contributed by atoms with Crippen LogP contribution in [0.4, 0.5) is 0 Å². The molecule has 0 radical (unpaired) electrons. The molecule has 0 saturated heterocycles. The maximum atomic E-state index is 9.85. The van der Waals surface area contributed by atoms with Crippen molar-refractivity contribution in [3.8, 4) is 5.75 Å². The molecule has 21 heavy (non-hydrogen) atoms. The van der Waals surface area contributed by atoms with Gasteiger partial charge in [-0.15, -0.1) is 0 Å². The van der Waals surface area contributed by atoms with Gasteiger partial charge in [-0.2, -0.15) is 0 Å². The van der Waals surface area contributed by atoms with Crippen molar-refractivity contribution in [3.63, 3.8) is 0 Å². The largest absolute Gasteiger partial charge is 0.487 e. The lowest BCUT2D eigenvalue weighted by molar-refractivity contribution is -0.162. The van der Waals surface area contributed by atoms with Gasteiger partial charge in [0.1, 0.15) is 18.0 Å². The molecule has 1 N–H and O–H groups in total. The highest BCUT2D eigenvalue weighted by molar-refractivity contribution is 5.41. The van der Waals surface area contributed by atoms with E-state index in [-0.39, 0.29) is 17.6 Å². The zero-order valence-electron chi connectivity index (χ0n) is 13.8. The Bertz CT molecular complexity index is 476. The lowest BCUT2D eigenvalue weighted by Gasteiger charge is -2.41. The van der Waals surface area contributed by atoms with E-state index in [4.69, 9.17) is 9.47 Å². The predicted octanol–water partition coefficient (Wildman–Crippen LogP) is 3.60. The summed E-state index contributed by atoms with van der Waals surface area (Å²) in [6, 6.07) is 6.30. The second-order valence-electron chi connectivity index (χ2n) is 7.04. The summed E-state index contributed by atoms with van der Waals surface area (Å²) in [5, 5.41) is 9.85. The molecule has 3 nitrogen and oxygen atoms in total. The second-order valence-corrected chi connectivity index (χ2v) is 7.04. The normalized spacial score (nSPS) is 25.5. The molecular formula is C18H28O3. The third kappa shape index (κ3) is 3.78. The Kier molecular flexibility index (Phi) is 4.95. The number of hydrogen-bond acceptors (Lipinski definition) is 3. The Balaban J connectivity index is 2.13. The van der Waals surface area contributed by atoms with Gasteiger partial charge >= 0.3 is 0 Å². The third-order valence-corrected chi connectivity index (χ3v) is 3.96. The number of rotatable bonds is 5. The number of hydrogen-bond donors (Lipinski definition) is 1. The van der Waals surface area contributed by atoms with Crippen LogP contribution < -0.4 is 4.74 Å². The third-order valence-electron chi connectivity index (χ3n) is 3.96. The molecule has 1 aliphatic carbocycles. The molecule has 118 valence electrons. The molecule has 1 saturated carbocycles. The van der Waals surface area contributed by atoms with Crippen molar-refractivity contribution in [2.75, 3.05) is 6.61 Å². The monoisotopic (exact) mass is 292 g/mol. The fraction of sp³-hybridized carbons (Fsp3) is 0.667. The number of aliphatic hydroxyl groups is 1. The maximum Gasteiger partial charge on any atom is 0.130 e. The molecule has 1 aromatic rings. The Hall–Kier alpha value is -1.06. The summed E-state index contributed by atoms with van der Waals surface area (Å²) in [6.07, 6.45) is 0.957. The minimum Gasteiger partial charge on any atom is -0.487 e. The SMILES string of the molecule is CCCOC1C(O)CC1Oc1ccc(C)cc1C(C)(C)C. The quantitative estimate of drug-likeness (QED) is 0.901.